The average Bonchev–Trinajstić information content (AvgIpc) is 2.28. The van der Waals surface area contributed by atoms with Crippen LogP contribution in [-0.4, -0.2) is 19.7 Å². The molecule has 1 aromatic rings. The number of nitriles is 1. The molecule has 0 N–H and O–H groups in total. The van der Waals surface area contributed by atoms with E-state index in [1.165, 1.54) is 19.2 Å². The number of methoxy groups -OCH3 is 1. The first-order valence-corrected chi connectivity index (χ1v) is 4.97. The number of rotatable bonds is 3. The molecular formula is C11H10ClNO3. The first kappa shape index (κ1) is 12.3. The number of esters is 1. The molecule has 4 nitrogen and oxygen atoms in total. The Kier molecular flexibility index (Phi) is 4.15. The zero-order valence-electron chi connectivity index (χ0n) is 8.91. The number of hydrogen-bond acceptors (Lipinski definition) is 4. The summed E-state index contributed by atoms with van der Waals surface area (Å²) in [7, 11) is 1.38. The molecule has 0 aromatic heterocycles. The summed E-state index contributed by atoms with van der Waals surface area (Å²) in [6.45, 7) is 1.97. The van der Waals surface area contributed by atoms with Crippen molar-refractivity contribution in [1.82, 2.24) is 0 Å². The molecule has 0 saturated heterocycles. The van der Waals surface area contributed by atoms with Crippen LogP contribution in [0.15, 0.2) is 12.1 Å². The molecule has 0 saturated carbocycles. The number of carbonyl (C=O) groups excluding carboxylic acids is 1. The quantitative estimate of drug-likeness (QED) is 0.760. The van der Waals surface area contributed by atoms with Crippen molar-refractivity contribution in [3.05, 3.63) is 28.3 Å². The highest BCUT2D eigenvalue weighted by Crippen LogP contribution is 2.32. The van der Waals surface area contributed by atoms with Gasteiger partial charge in [0.05, 0.1) is 19.3 Å². The van der Waals surface area contributed by atoms with E-state index in [1.807, 2.05) is 6.07 Å². The van der Waals surface area contributed by atoms with E-state index < -0.39 is 5.97 Å². The summed E-state index contributed by atoms with van der Waals surface area (Å²) in [5, 5.41) is 8.89. The molecule has 16 heavy (non-hydrogen) atoms. The molecule has 5 heteroatoms. The molecule has 0 amide bonds. The summed E-state index contributed by atoms with van der Waals surface area (Å²) in [5.74, 6) is -0.357. The molecule has 0 atom stereocenters. The van der Waals surface area contributed by atoms with E-state index in [-0.39, 0.29) is 28.5 Å². The minimum absolute atomic E-state index is 0.121. The van der Waals surface area contributed by atoms with Crippen LogP contribution in [0.4, 0.5) is 0 Å². The summed E-state index contributed by atoms with van der Waals surface area (Å²) in [5.41, 5.74) is 0.472. The van der Waals surface area contributed by atoms with Gasteiger partial charge in [-0.3, -0.25) is 0 Å². The summed E-state index contributed by atoms with van der Waals surface area (Å²) in [6, 6.07) is 4.82. The van der Waals surface area contributed by atoms with Crippen molar-refractivity contribution >= 4 is 17.6 Å². The number of ether oxygens (including phenoxy) is 2. The van der Waals surface area contributed by atoms with Crippen LogP contribution in [0, 0.1) is 11.3 Å². The van der Waals surface area contributed by atoms with Crippen LogP contribution in [0.25, 0.3) is 0 Å². The number of benzene rings is 1. The first-order chi connectivity index (χ1) is 7.65. The third-order valence-electron chi connectivity index (χ3n) is 1.92. The second-order valence-corrected chi connectivity index (χ2v) is 3.22. The Hall–Kier alpha value is -1.73. The maximum atomic E-state index is 11.5. The molecule has 0 aliphatic rings. The van der Waals surface area contributed by atoms with Crippen LogP contribution >= 0.6 is 11.6 Å². The Bertz CT molecular complexity index is 451. The molecule has 0 bridgehead atoms. The third-order valence-corrected chi connectivity index (χ3v) is 2.29. The predicted molar refractivity (Wildman–Crippen MR) is 58.7 cm³/mol. The van der Waals surface area contributed by atoms with Gasteiger partial charge in [0.25, 0.3) is 0 Å². The smallest absolute Gasteiger partial charge is 0.341 e. The fourth-order valence-corrected chi connectivity index (χ4v) is 1.50. The second kappa shape index (κ2) is 5.38. The number of halogens is 1. The highest BCUT2D eigenvalue weighted by molar-refractivity contribution is 6.33. The van der Waals surface area contributed by atoms with Gasteiger partial charge in [-0.2, -0.15) is 5.26 Å². The Morgan fingerprint density at radius 3 is 2.75 bits per heavy atom. The van der Waals surface area contributed by atoms with Gasteiger partial charge in [-0.15, -0.1) is 0 Å². The van der Waals surface area contributed by atoms with Gasteiger partial charge < -0.3 is 9.47 Å². The third kappa shape index (κ3) is 2.26. The molecule has 1 rings (SSSR count). The van der Waals surface area contributed by atoms with Crippen molar-refractivity contribution in [1.29, 1.82) is 5.26 Å². The minimum atomic E-state index is -0.522. The molecule has 0 radical (unpaired) electrons. The van der Waals surface area contributed by atoms with Crippen molar-refractivity contribution in [2.45, 2.75) is 6.92 Å². The molecule has 84 valence electrons. The maximum Gasteiger partial charge on any atom is 0.341 e. The topological polar surface area (TPSA) is 59.3 Å². The van der Waals surface area contributed by atoms with Gasteiger partial charge in [0, 0.05) is 0 Å². The van der Waals surface area contributed by atoms with Gasteiger partial charge in [0.15, 0.2) is 5.75 Å². The lowest BCUT2D eigenvalue weighted by Crippen LogP contribution is -2.07. The molecule has 0 aliphatic heterocycles. The Morgan fingerprint density at radius 2 is 2.25 bits per heavy atom. The van der Waals surface area contributed by atoms with E-state index in [2.05, 4.69) is 0 Å². The molecule has 0 spiro atoms. The first-order valence-electron chi connectivity index (χ1n) is 4.59. The van der Waals surface area contributed by atoms with Crippen LogP contribution < -0.4 is 4.74 Å². The van der Waals surface area contributed by atoms with E-state index in [9.17, 15) is 4.79 Å². The lowest BCUT2D eigenvalue weighted by atomic mass is 10.1. The van der Waals surface area contributed by atoms with E-state index in [0.29, 0.717) is 0 Å². The minimum Gasteiger partial charge on any atom is -0.494 e. The largest absolute Gasteiger partial charge is 0.494 e. The van der Waals surface area contributed by atoms with Crippen LogP contribution in [0.2, 0.25) is 5.02 Å². The Labute approximate surface area is 98.3 Å². The van der Waals surface area contributed by atoms with Crippen LogP contribution in [-0.2, 0) is 4.74 Å². The Morgan fingerprint density at radius 1 is 1.56 bits per heavy atom. The number of hydrogen-bond donors (Lipinski definition) is 0. The standard InChI is InChI=1S/C11H10ClNO3/c1-3-16-11(14)8-5-4-7(6-13)9(12)10(8)15-2/h4-5H,3H2,1-2H3. The fraction of sp³-hybridized carbons (Fsp3) is 0.273. The highest BCUT2D eigenvalue weighted by Gasteiger charge is 2.18. The predicted octanol–water partition coefficient (Wildman–Crippen LogP) is 2.40. The van der Waals surface area contributed by atoms with Gasteiger partial charge >= 0.3 is 5.97 Å². The zero-order valence-corrected chi connectivity index (χ0v) is 9.67. The lowest BCUT2D eigenvalue weighted by Gasteiger charge is -2.09. The monoisotopic (exact) mass is 239 g/mol. The zero-order chi connectivity index (χ0) is 12.1. The lowest BCUT2D eigenvalue weighted by molar-refractivity contribution is 0.0522. The highest BCUT2D eigenvalue weighted by atomic mass is 35.5. The van der Waals surface area contributed by atoms with Gasteiger partial charge in [0.2, 0.25) is 0 Å². The van der Waals surface area contributed by atoms with Gasteiger partial charge in [-0.05, 0) is 19.1 Å². The summed E-state index contributed by atoms with van der Waals surface area (Å²) < 4.78 is 9.84. The van der Waals surface area contributed by atoms with Crippen LogP contribution in [0.3, 0.4) is 0 Å². The fourth-order valence-electron chi connectivity index (χ4n) is 1.21. The van der Waals surface area contributed by atoms with Crippen molar-refractivity contribution < 1.29 is 14.3 Å². The van der Waals surface area contributed by atoms with Crippen molar-refractivity contribution in [3.63, 3.8) is 0 Å². The second-order valence-electron chi connectivity index (χ2n) is 2.84. The summed E-state index contributed by atoms with van der Waals surface area (Å²) in [4.78, 5) is 11.5. The summed E-state index contributed by atoms with van der Waals surface area (Å²) in [6.07, 6.45) is 0. The van der Waals surface area contributed by atoms with Crippen LogP contribution in [0.5, 0.6) is 5.75 Å². The van der Waals surface area contributed by atoms with E-state index in [4.69, 9.17) is 26.3 Å². The molecule has 0 unspecified atom stereocenters. The number of nitrogens with zero attached hydrogens (tertiary/aromatic N) is 1. The molecule has 0 aliphatic carbocycles. The SMILES string of the molecule is CCOC(=O)c1ccc(C#N)c(Cl)c1OC. The number of carbonyl (C=O) groups is 1. The average molecular weight is 240 g/mol. The molecular weight excluding hydrogens is 230 g/mol. The van der Waals surface area contributed by atoms with Crippen molar-refractivity contribution in [3.8, 4) is 11.8 Å². The molecule has 0 fully saturated rings. The van der Waals surface area contributed by atoms with E-state index >= 15 is 0 Å². The maximum absolute atomic E-state index is 11.5. The molecule has 0 heterocycles. The molecule has 1 aromatic carbocycles. The summed E-state index contributed by atoms with van der Waals surface area (Å²) >= 11 is 5.90. The van der Waals surface area contributed by atoms with E-state index in [1.54, 1.807) is 6.92 Å². The van der Waals surface area contributed by atoms with E-state index in [0.717, 1.165) is 0 Å². The Balaban J connectivity index is 3.27. The van der Waals surface area contributed by atoms with Gasteiger partial charge in [0.1, 0.15) is 16.7 Å². The van der Waals surface area contributed by atoms with Crippen molar-refractivity contribution in [2.75, 3.05) is 13.7 Å². The van der Waals surface area contributed by atoms with Gasteiger partial charge in [-0.1, -0.05) is 11.6 Å². The van der Waals surface area contributed by atoms with Gasteiger partial charge in [-0.25, -0.2) is 4.79 Å². The van der Waals surface area contributed by atoms with Crippen molar-refractivity contribution in [2.24, 2.45) is 0 Å². The van der Waals surface area contributed by atoms with Crippen LogP contribution in [0.1, 0.15) is 22.8 Å². The normalized spacial score (nSPS) is 9.38.